The van der Waals surface area contributed by atoms with Crippen LogP contribution in [-0.4, -0.2) is 39.7 Å². The van der Waals surface area contributed by atoms with Gasteiger partial charge < -0.3 is 20.4 Å². The molecular formula is C23H29ClN4O3S. The number of nitrogens with two attached hydrogens (primary N) is 1. The van der Waals surface area contributed by atoms with Crippen molar-refractivity contribution in [3.05, 3.63) is 67.4 Å². The van der Waals surface area contributed by atoms with Crippen molar-refractivity contribution in [2.24, 2.45) is 12.8 Å². The van der Waals surface area contributed by atoms with Gasteiger partial charge in [0.15, 0.2) is 0 Å². The van der Waals surface area contributed by atoms with Gasteiger partial charge in [-0.15, -0.1) is 0 Å². The molecule has 0 aliphatic heterocycles. The minimum atomic E-state index is -0.466. The highest BCUT2D eigenvalue weighted by atomic mass is 35.5. The lowest BCUT2D eigenvalue weighted by molar-refractivity contribution is 0.0948. The molecule has 0 spiro atoms. The predicted octanol–water partition coefficient (Wildman–Crippen LogP) is 1.55. The van der Waals surface area contributed by atoms with E-state index in [2.05, 4.69) is 23.6 Å². The summed E-state index contributed by atoms with van der Waals surface area (Å²) in [4.78, 5) is 25.5. The van der Waals surface area contributed by atoms with Crippen LogP contribution in [0.1, 0.15) is 35.7 Å². The van der Waals surface area contributed by atoms with Crippen LogP contribution in [0.3, 0.4) is 0 Å². The number of carbonyl (C=O) groups excluding carboxylic acids is 1. The van der Waals surface area contributed by atoms with Crippen molar-refractivity contribution in [2.45, 2.75) is 31.1 Å². The second kappa shape index (κ2) is 10.5. The summed E-state index contributed by atoms with van der Waals surface area (Å²) < 4.78 is 9.55. The van der Waals surface area contributed by atoms with E-state index in [4.69, 9.17) is 22.1 Å². The summed E-state index contributed by atoms with van der Waals surface area (Å²) in [5, 5.41) is 4.46. The number of hydrogen-bond acceptors (Lipinski definition) is 6. The monoisotopic (exact) mass is 476 g/mol. The van der Waals surface area contributed by atoms with E-state index in [1.807, 2.05) is 12.1 Å². The third kappa shape index (κ3) is 5.88. The summed E-state index contributed by atoms with van der Waals surface area (Å²) in [5.41, 5.74) is 6.29. The first-order valence-corrected chi connectivity index (χ1v) is 11.6. The molecule has 0 saturated heterocycles. The molecule has 7 nitrogen and oxygen atoms in total. The molecule has 0 atom stereocenters. The van der Waals surface area contributed by atoms with E-state index in [0.717, 1.165) is 24.9 Å². The standard InChI is InChI=1S/C23H29ClN4O3S/c1-4-27(2)32-23(9-10-23)15-31-14-20-17(12-25)11-19(22(30)28(20)3)21(29)26-13-16-5-7-18(24)8-6-16/h5-8,11-12,14H,4,9-10,13,15,25H2,1-3H3,(H,26,29)/b17-12-,20-14-. The highest BCUT2D eigenvalue weighted by Crippen LogP contribution is 2.49. The molecular weight excluding hydrogens is 448 g/mol. The van der Waals surface area contributed by atoms with Gasteiger partial charge >= 0.3 is 0 Å². The van der Waals surface area contributed by atoms with E-state index in [-0.39, 0.29) is 16.9 Å². The molecule has 1 saturated carbocycles. The summed E-state index contributed by atoms with van der Waals surface area (Å²) in [7, 11) is 3.67. The number of nitrogens with zero attached hydrogens (tertiary/aromatic N) is 2. The number of aromatic nitrogens is 1. The van der Waals surface area contributed by atoms with Gasteiger partial charge in [-0.3, -0.25) is 13.9 Å². The summed E-state index contributed by atoms with van der Waals surface area (Å²) in [5.74, 6) is -0.466. The van der Waals surface area contributed by atoms with Crippen molar-refractivity contribution >= 4 is 41.9 Å². The Morgan fingerprint density at radius 3 is 2.66 bits per heavy atom. The number of halogens is 1. The maximum Gasteiger partial charge on any atom is 0.263 e. The zero-order valence-electron chi connectivity index (χ0n) is 18.6. The molecule has 1 aliphatic carbocycles. The molecule has 0 unspecified atom stereocenters. The van der Waals surface area contributed by atoms with Crippen LogP contribution in [0.25, 0.3) is 12.5 Å². The van der Waals surface area contributed by atoms with E-state index < -0.39 is 11.5 Å². The highest BCUT2D eigenvalue weighted by Gasteiger charge is 2.45. The summed E-state index contributed by atoms with van der Waals surface area (Å²) in [6.07, 6.45) is 5.12. The Hall–Kier alpha value is -2.42. The zero-order chi connectivity index (χ0) is 23.3. The quantitative estimate of drug-likeness (QED) is 0.534. The van der Waals surface area contributed by atoms with Crippen LogP contribution in [0.4, 0.5) is 0 Å². The van der Waals surface area contributed by atoms with Crippen molar-refractivity contribution < 1.29 is 9.53 Å². The Morgan fingerprint density at radius 2 is 2.06 bits per heavy atom. The lowest BCUT2D eigenvalue weighted by Gasteiger charge is -2.20. The van der Waals surface area contributed by atoms with Crippen molar-refractivity contribution in [3.8, 4) is 0 Å². The number of nitrogens with one attached hydrogen (secondary N) is 1. The molecule has 172 valence electrons. The minimum Gasteiger partial charge on any atom is -0.497 e. The molecule has 1 heterocycles. The zero-order valence-corrected chi connectivity index (χ0v) is 20.1. The first-order chi connectivity index (χ1) is 15.3. The van der Waals surface area contributed by atoms with Crippen LogP contribution >= 0.6 is 23.5 Å². The average molecular weight is 477 g/mol. The Bertz CT molecular complexity index is 1140. The number of benzene rings is 1. The van der Waals surface area contributed by atoms with E-state index in [0.29, 0.717) is 22.2 Å². The molecule has 1 aromatic carbocycles. The second-order valence-corrected chi connectivity index (χ2v) is 9.99. The Labute approximate surface area is 197 Å². The largest absolute Gasteiger partial charge is 0.497 e. The molecule has 1 aromatic heterocycles. The van der Waals surface area contributed by atoms with E-state index in [1.165, 1.54) is 16.8 Å². The van der Waals surface area contributed by atoms with Crippen molar-refractivity contribution in [1.29, 1.82) is 0 Å². The van der Waals surface area contributed by atoms with Gasteiger partial charge in [0.1, 0.15) is 18.4 Å². The first-order valence-electron chi connectivity index (χ1n) is 10.5. The topological polar surface area (TPSA) is 89.6 Å². The number of hydrogen-bond donors (Lipinski definition) is 2. The number of carbonyl (C=O) groups is 1. The van der Waals surface area contributed by atoms with Crippen LogP contribution < -0.4 is 27.2 Å². The fraction of sp³-hybridized carbons (Fsp3) is 0.391. The number of rotatable bonds is 9. The molecule has 3 N–H and O–H groups in total. The maximum atomic E-state index is 12.9. The summed E-state index contributed by atoms with van der Waals surface area (Å²) >= 11 is 7.69. The van der Waals surface area contributed by atoms with Crippen molar-refractivity contribution in [2.75, 3.05) is 20.2 Å². The van der Waals surface area contributed by atoms with Gasteiger partial charge in [0.25, 0.3) is 11.5 Å². The molecule has 2 aromatic rings. The maximum absolute atomic E-state index is 12.9. The third-order valence-electron chi connectivity index (χ3n) is 5.43. The number of pyridine rings is 1. The summed E-state index contributed by atoms with van der Waals surface area (Å²) in [6, 6.07) is 8.63. The lowest BCUT2D eigenvalue weighted by Crippen LogP contribution is -2.46. The molecule has 1 aliphatic rings. The van der Waals surface area contributed by atoms with Gasteiger partial charge in [0.2, 0.25) is 0 Å². The average Bonchev–Trinajstić information content (AvgIpc) is 3.55. The molecule has 1 fully saturated rings. The fourth-order valence-electron chi connectivity index (χ4n) is 3.17. The van der Waals surface area contributed by atoms with Crippen LogP contribution in [-0.2, 0) is 18.3 Å². The molecule has 9 heteroatoms. The first kappa shape index (κ1) is 24.2. The van der Waals surface area contributed by atoms with Gasteiger partial charge in [0, 0.05) is 36.6 Å². The SMILES string of the molecule is CCN(C)SC1(CO/C=c2/c(=C\N)cc(C(=O)NCc3ccc(Cl)cc3)c(=O)n2C)CC1. The van der Waals surface area contributed by atoms with Gasteiger partial charge in [-0.1, -0.05) is 42.6 Å². The van der Waals surface area contributed by atoms with Gasteiger partial charge in [-0.25, -0.2) is 0 Å². The lowest BCUT2D eigenvalue weighted by atomic mass is 10.2. The normalized spacial score (nSPS) is 15.8. The molecule has 3 rings (SSSR count). The van der Waals surface area contributed by atoms with Crippen LogP contribution in [0.2, 0.25) is 5.02 Å². The van der Waals surface area contributed by atoms with Gasteiger partial charge in [-0.2, -0.15) is 0 Å². The van der Waals surface area contributed by atoms with Crippen molar-refractivity contribution in [1.82, 2.24) is 14.2 Å². The van der Waals surface area contributed by atoms with Crippen LogP contribution in [0, 0.1) is 0 Å². The van der Waals surface area contributed by atoms with Crippen LogP contribution in [0.15, 0.2) is 35.1 Å². The van der Waals surface area contributed by atoms with Gasteiger partial charge in [-0.05, 0) is 43.7 Å². The Morgan fingerprint density at radius 1 is 1.38 bits per heavy atom. The molecule has 0 radical (unpaired) electrons. The van der Waals surface area contributed by atoms with E-state index >= 15 is 0 Å². The van der Waals surface area contributed by atoms with E-state index in [9.17, 15) is 9.59 Å². The van der Waals surface area contributed by atoms with Gasteiger partial charge in [0.05, 0.1) is 10.1 Å². The number of amides is 1. The fourth-order valence-corrected chi connectivity index (χ4v) is 4.49. The van der Waals surface area contributed by atoms with Crippen molar-refractivity contribution in [3.63, 3.8) is 0 Å². The summed E-state index contributed by atoms with van der Waals surface area (Å²) in [6.45, 7) is 3.90. The molecule has 1 amide bonds. The second-order valence-electron chi connectivity index (χ2n) is 7.89. The minimum absolute atomic E-state index is 0.0223. The van der Waals surface area contributed by atoms with E-state index in [1.54, 1.807) is 37.4 Å². The third-order valence-corrected chi connectivity index (χ3v) is 7.16. The molecule has 32 heavy (non-hydrogen) atoms. The highest BCUT2D eigenvalue weighted by molar-refractivity contribution is 7.98. The molecule has 0 bridgehead atoms. The van der Waals surface area contributed by atoms with Crippen LogP contribution in [0.5, 0.6) is 0 Å². The Balaban J connectivity index is 1.76. The number of ether oxygens (including phenoxy) is 1. The Kier molecular flexibility index (Phi) is 7.92. The smallest absolute Gasteiger partial charge is 0.263 e. The predicted molar refractivity (Wildman–Crippen MR) is 130 cm³/mol.